The average molecular weight is 359 g/mol. The highest BCUT2D eigenvalue weighted by Gasteiger charge is 2.33. The third-order valence-corrected chi connectivity index (χ3v) is 5.37. The maximum absolute atomic E-state index is 12.7. The minimum Gasteiger partial charge on any atom is -0.372 e. The van der Waals surface area contributed by atoms with Crippen molar-refractivity contribution < 1.29 is 14.3 Å². The Morgan fingerprint density at radius 1 is 0.923 bits per heavy atom. The fraction of sp³-hybridized carbons (Fsp3) is 0.600. The van der Waals surface area contributed by atoms with Crippen molar-refractivity contribution in [1.82, 2.24) is 9.80 Å². The van der Waals surface area contributed by atoms with Gasteiger partial charge in [0.25, 0.3) is 0 Å². The molecule has 0 bridgehead atoms. The Kier molecular flexibility index (Phi) is 5.51. The number of ether oxygens (including phenoxy) is 1. The fourth-order valence-corrected chi connectivity index (χ4v) is 3.84. The maximum atomic E-state index is 12.7. The van der Waals surface area contributed by atoms with Crippen molar-refractivity contribution in [2.75, 3.05) is 44.2 Å². The van der Waals surface area contributed by atoms with E-state index in [0.29, 0.717) is 26.2 Å². The van der Waals surface area contributed by atoms with Crippen LogP contribution in [0.5, 0.6) is 0 Å². The molecule has 0 aromatic heterocycles. The second kappa shape index (κ2) is 7.66. The molecule has 2 amide bonds. The lowest BCUT2D eigenvalue weighted by atomic mass is 10.1. The summed E-state index contributed by atoms with van der Waals surface area (Å²) in [6.45, 7) is 11.7. The lowest BCUT2D eigenvalue weighted by Gasteiger charge is -2.39. The summed E-state index contributed by atoms with van der Waals surface area (Å²) in [4.78, 5) is 30.9. The van der Waals surface area contributed by atoms with Crippen LogP contribution in [0.2, 0.25) is 0 Å². The predicted molar refractivity (Wildman–Crippen MR) is 101 cm³/mol. The van der Waals surface area contributed by atoms with Gasteiger partial charge in [-0.2, -0.15) is 0 Å². The zero-order valence-corrected chi connectivity index (χ0v) is 16.2. The highest BCUT2D eigenvalue weighted by molar-refractivity contribution is 6.35. The number of carbonyl (C=O) groups excluding carboxylic acids is 2. The van der Waals surface area contributed by atoms with Crippen LogP contribution < -0.4 is 4.90 Å². The van der Waals surface area contributed by atoms with Crippen molar-refractivity contribution in [3.8, 4) is 0 Å². The first-order valence-electron chi connectivity index (χ1n) is 9.41. The molecule has 2 heterocycles. The standard InChI is InChI=1S/C20H29N3O3/c1-14-6-5-7-18(17(14)4)21-8-10-22(11-9-21)19(24)20(25)23-12-15(2)26-16(3)13-23/h5-7,15-16H,8-13H2,1-4H3. The van der Waals surface area contributed by atoms with Gasteiger partial charge in [0.2, 0.25) is 0 Å². The van der Waals surface area contributed by atoms with Crippen LogP contribution in [0.3, 0.4) is 0 Å². The van der Waals surface area contributed by atoms with Crippen LogP contribution in [0.15, 0.2) is 18.2 Å². The van der Waals surface area contributed by atoms with Crippen molar-refractivity contribution in [1.29, 1.82) is 0 Å². The monoisotopic (exact) mass is 359 g/mol. The summed E-state index contributed by atoms with van der Waals surface area (Å²) in [5.41, 5.74) is 3.77. The molecule has 2 unspecified atom stereocenters. The lowest BCUT2D eigenvalue weighted by molar-refractivity contribution is -0.158. The number of rotatable bonds is 1. The Bertz CT molecular complexity index is 673. The number of hydrogen-bond acceptors (Lipinski definition) is 4. The van der Waals surface area contributed by atoms with Crippen molar-refractivity contribution >= 4 is 17.5 Å². The molecular formula is C20H29N3O3. The van der Waals surface area contributed by atoms with Gasteiger partial charge in [-0.25, -0.2) is 0 Å². The third kappa shape index (κ3) is 3.85. The Morgan fingerprint density at radius 2 is 1.50 bits per heavy atom. The van der Waals surface area contributed by atoms with Gasteiger partial charge < -0.3 is 19.4 Å². The van der Waals surface area contributed by atoms with Gasteiger partial charge in [0.15, 0.2) is 0 Å². The van der Waals surface area contributed by atoms with E-state index in [4.69, 9.17) is 4.74 Å². The van der Waals surface area contributed by atoms with Crippen molar-refractivity contribution in [3.63, 3.8) is 0 Å². The molecular weight excluding hydrogens is 330 g/mol. The van der Waals surface area contributed by atoms with E-state index in [1.54, 1.807) is 9.80 Å². The molecule has 2 atom stereocenters. The number of hydrogen-bond donors (Lipinski definition) is 0. The number of morpholine rings is 1. The van der Waals surface area contributed by atoms with Crippen LogP contribution >= 0.6 is 0 Å². The molecule has 0 saturated carbocycles. The predicted octanol–water partition coefficient (Wildman–Crippen LogP) is 1.59. The SMILES string of the molecule is Cc1cccc(N2CCN(C(=O)C(=O)N3CC(C)OC(C)C3)CC2)c1C. The van der Waals surface area contributed by atoms with Gasteiger partial charge in [0.1, 0.15) is 0 Å². The minimum absolute atomic E-state index is 0.0309. The van der Waals surface area contributed by atoms with Gasteiger partial charge >= 0.3 is 11.8 Å². The smallest absolute Gasteiger partial charge is 0.312 e. The summed E-state index contributed by atoms with van der Waals surface area (Å²) < 4.78 is 5.65. The number of piperazine rings is 1. The van der Waals surface area contributed by atoms with Crippen LogP contribution in [0, 0.1) is 13.8 Å². The van der Waals surface area contributed by atoms with E-state index < -0.39 is 5.91 Å². The molecule has 142 valence electrons. The first-order valence-corrected chi connectivity index (χ1v) is 9.41. The van der Waals surface area contributed by atoms with Gasteiger partial charge in [-0.3, -0.25) is 9.59 Å². The molecule has 2 fully saturated rings. The second-order valence-electron chi connectivity index (χ2n) is 7.47. The first kappa shape index (κ1) is 18.7. The number of carbonyl (C=O) groups is 2. The molecule has 1 aromatic rings. The Balaban J connectivity index is 1.60. The second-order valence-corrected chi connectivity index (χ2v) is 7.47. The number of amides is 2. The molecule has 6 heteroatoms. The van der Waals surface area contributed by atoms with Gasteiger partial charge in [-0.05, 0) is 44.9 Å². The molecule has 0 aliphatic carbocycles. The van der Waals surface area contributed by atoms with E-state index in [9.17, 15) is 9.59 Å². The van der Waals surface area contributed by atoms with Crippen molar-refractivity contribution in [3.05, 3.63) is 29.3 Å². The molecule has 26 heavy (non-hydrogen) atoms. The summed E-state index contributed by atoms with van der Waals surface area (Å²) in [6.07, 6.45) is -0.0618. The molecule has 2 saturated heterocycles. The van der Waals surface area contributed by atoms with Gasteiger partial charge in [-0.15, -0.1) is 0 Å². The summed E-state index contributed by atoms with van der Waals surface area (Å²) in [5.74, 6) is -0.779. The van der Waals surface area contributed by atoms with E-state index >= 15 is 0 Å². The van der Waals surface area contributed by atoms with E-state index in [0.717, 1.165) is 13.1 Å². The summed E-state index contributed by atoms with van der Waals surface area (Å²) in [5, 5.41) is 0. The van der Waals surface area contributed by atoms with Gasteiger partial charge in [0, 0.05) is 45.0 Å². The molecule has 0 spiro atoms. The number of nitrogens with zero attached hydrogens (tertiary/aromatic N) is 3. The minimum atomic E-state index is -0.396. The van der Waals surface area contributed by atoms with E-state index in [-0.39, 0.29) is 18.1 Å². The van der Waals surface area contributed by atoms with Gasteiger partial charge in [0.05, 0.1) is 12.2 Å². The Hall–Kier alpha value is -2.08. The highest BCUT2D eigenvalue weighted by atomic mass is 16.5. The zero-order chi connectivity index (χ0) is 18.8. The van der Waals surface area contributed by atoms with Crippen LogP contribution in [-0.2, 0) is 14.3 Å². The van der Waals surface area contributed by atoms with Crippen LogP contribution in [0.1, 0.15) is 25.0 Å². The zero-order valence-electron chi connectivity index (χ0n) is 16.2. The van der Waals surface area contributed by atoms with E-state index in [1.165, 1.54) is 16.8 Å². The molecule has 0 radical (unpaired) electrons. The highest BCUT2D eigenvalue weighted by Crippen LogP contribution is 2.24. The van der Waals surface area contributed by atoms with Crippen molar-refractivity contribution in [2.24, 2.45) is 0 Å². The Morgan fingerprint density at radius 3 is 2.12 bits per heavy atom. The van der Waals surface area contributed by atoms with Crippen molar-refractivity contribution in [2.45, 2.75) is 39.9 Å². The molecule has 6 nitrogen and oxygen atoms in total. The largest absolute Gasteiger partial charge is 0.372 e. The third-order valence-electron chi connectivity index (χ3n) is 5.37. The number of benzene rings is 1. The summed E-state index contributed by atoms with van der Waals surface area (Å²) in [7, 11) is 0. The van der Waals surface area contributed by atoms with Crippen LogP contribution in [0.25, 0.3) is 0 Å². The van der Waals surface area contributed by atoms with E-state index in [2.05, 4.69) is 36.9 Å². The molecule has 1 aromatic carbocycles. The number of aryl methyl sites for hydroxylation is 1. The molecule has 2 aliphatic heterocycles. The van der Waals surface area contributed by atoms with E-state index in [1.807, 2.05) is 13.8 Å². The first-order chi connectivity index (χ1) is 12.4. The summed E-state index contributed by atoms with van der Waals surface area (Å²) in [6, 6.07) is 6.31. The topological polar surface area (TPSA) is 53.1 Å². The lowest BCUT2D eigenvalue weighted by Crippen LogP contribution is -2.56. The Labute approximate surface area is 155 Å². The summed E-state index contributed by atoms with van der Waals surface area (Å²) >= 11 is 0. The molecule has 2 aliphatic rings. The maximum Gasteiger partial charge on any atom is 0.312 e. The molecule has 0 N–H and O–H groups in total. The number of anilines is 1. The average Bonchev–Trinajstić information content (AvgIpc) is 2.62. The van der Waals surface area contributed by atoms with Crippen LogP contribution in [0.4, 0.5) is 5.69 Å². The van der Waals surface area contributed by atoms with Crippen LogP contribution in [-0.4, -0.2) is 73.1 Å². The normalized spacial score (nSPS) is 23.9. The van der Waals surface area contributed by atoms with Gasteiger partial charge in [-0.1, -0.05) is 12.1 Å². The fourth-order valence-electron chi connectivity index (χ4n) is 3.84. The quantitative estimate of drug-likeness (QED) is 0.715. The molecule has 3 rings (SSSR count).